The number of carbonyl (C=O) groups is 2. The molecule has 1 aromatic carbocycles. The topological polar surface area (TPSA) is 162 Å². The molecule has 0 aliphatic heterocycles. The summed E-state index contributed by atoms with van der Waals surface area (Å²) in [5, 5.41) is 11.3. The Morgan fingerprint density at radius 1 is 1.13 bits per heavy atom. The van der Waals surface area contributed by atoms with E-state index in [0.717, 1.165) is 17.5 Å². The number of aromatic amines is 1. The summed E-state index contributed by atoms with van der Waals surface area (Å²) in [6.07, 6.45) is 4.28. The van der Waals surface area contributed by atoms with Crippen LogP contribution in [-0.4, -0.2) is 36.5 Å². The van der Waals surface area contributed by atoms with Crippen molar-refractivity contribution in [3.8, 4) is 11.5 Å². The van der Waals surface area contributed by atoms with E-state index in [2.05, 4.69) is 25.5 Å². The number of nitrogens with two attached hydrogens (primary N) is 1. The largest absolute Gasteiger partial charge is 0.418 e. The second-order valence-corrected chi connectivity index (χ2v) is 8.35. The summed E-state index contributed by atoms with van der Waals surface area (Å²) in [5.41, 5.74) is 5.91. The van der Waals surface area contributed by atoms with Crippen LogP contribution in [0.5, 0.6) is 0 Å². The first-order valence-corrected chi connectivity index (χ1v) is 11.3. The van der Waals surface area contributed by atoms with Crippen molar-refractivity contribution in [1.82, 2.24) is 30.0 Å². The average molecular weight is 519 g/mol. The van der Waals surface area contributed by atoms with Crippen LogP contribution >= 0.6 is 0 Å². The number of benzene rings is 1. The van der Waals surface area contributed by atoms with Crippen LogP contribution in [-0.2, 0) is 11.3 Å². The Hall–Kier alpha value is -5.20. The van der Waals surface area contributed by atoms with Crippen molar-refractivity contribution in [2.45, 2.75) is 19.0 Å². The molecule has 38 heavy (non-hydrogen) atoms. The summed E-state index contributed by atoms with van der Waals surface area (Å²) in [5.74, 6) is -3.62. The second-order valence-electron chi connectivity index (χ2n) is 8.35. The standard InChI is InChI=1S/C25H19F2N7O4/c26-17-6-5-13(9-18(17)27)12-34-8-2-4-15(25(34)37)22(36)31-19(10-20(28)35)24-33-32-23(38-24)16-11-30-21-14(16)3-1-7-29-21/h1-9,11,19H,10,12H2,(H2,28,35)(H,29,30)(H,31,36)/t19-/m1/s1. The summed E-state index contributed by atoms with van der Waals surface area (Å²) in [6, 6.07) is 8.42. The van der Waals surface area contributed by atoms with E-state index in [-0.39, 0.29) is 30.3 Å². The molecule has 4 N–H and O–H groups in total. The Kier molecular flexibility index (Phi) is 6.47. The molecule has 2 amide bonds. The van der Waals surface area contributed by atoms with E-state index in [1.165, 1.54) is 29.0 Å². The molecular weight excluding hydrogens is 500 g/mol. The summed E-state index contributed by atoms with van der Waals surface area (Å²) < 4.78 is 33.7. The number of rotatable bonds is 8. The summed E-state index contributed by atoms with van der Waals surface area (Å²) in [6.45, 7) is -0.103. The Morgan fingerprint density at radius 2 is 1.97 bits per heavy atom. The lowest BCUT2D eigenvalue weighted by Crippen LogP contribution is -2.36. The molecule has 4 heterocycles. The number of halogens is 2. The second kappa shape index (κ2) is 10.0. The minimum absolute atomic E-state index is 0.0940. The van der Waals surface area contributed by atoms with E-state index in [9.17, 15) is 23.2 Å². The molecule has 0 fully saturated rings. The molecule has 0 unspecified atom stereocenters. The molecule has 5 rings (SSSR count). The summed E-state index contributed by atoms with van der Waals surface area (Å²) in [4.78, 5) is 44.9. The maximum Gasteiger partial charge on any atom is 0.263 e. The van der Waals surface area contributed by atoms with E-state index in [4.69, 9.17) is 10.2 Å². The number of nitrogens with one attached hydrogen (secondary N) is 2. The van der Waals surface area contributed by atoms with Crippen LogP contribution in [0.25, 0.3) is 22.5 Å². The van der Waals surface area contributed by atoms with E-state index >= 15 is 0 Å². The minimum Gasteiger partial charge on any atom is -0.418 e. The van der Waals surface area contributed by atoms with Crippen molar-refractivity contribution < 1.29 is 22.8 Å². The van der Waals surface area contributed by atoms with Crippen molar-refractivity contribution in [3.05, 3.63) is 100 Å². The minimum atomic E-state index is -1.12. The number of H-pyrrole nitrogens is 1. The van der Waals surface area contributed by atoms with E-state index in [0.29, 0.717) is 16.8 Å². The van der Waals surface area contributed by atoms with Crippen molar-refractivity contribution in [3.63, 3.8) is 0 Å². The van der Waals surface area contributed by atoms with Gasteiger partial charge in [-0.15, -0.1) is 10.2 Å². The molecule has 0 saturated heterocycles. The van der Waals surface area contributed by atoms with Crippen molar-refractivity contribution in [2.24, 2.45) is 5.73 Å². The van der Waals surface area contributed by atoms with Crippen LogP contribution in [0.2, 0.25) is 0 Å². The molecule has 192 valence electrons. The normalized spacial score (nSPS) is 11.9. The number of aromatic nitrogens is 5. The van der Waals surface area contributed by atoms with Crippen LogP contribution in [0.3, 0.4) is 0 Å². The van der Waals surface area contributed by atoms with Crippen LogP contribution in [0.15, 0.2) is 70.3 Å². The Bertz CT molecular complexity index is 1730. The molecule has 0 aliphatic rings. The highest BCUT2D eigenvalue weighted by Crippen LogP contribution is 2.28. The Balaban J connectivity index is 1.40. The van der Waals surface area contributed by atoms with E-state index in [1.54, 1.807) is 18.5 Å². The van der Waals surface area contributed by atoms with Crippen LogP contribution in [0, 0.1) is 11.6 Å². The number of nitrogens with zero attached hydrogens (tertiary/aromatic N) is 4. The number of amides is 2. The smallest absolute Gasteiger partial charge is 0.263 e. The highest BCUT2D eigenvalue weighted by Gasteiger charge is 2.26. The number of hydrogen-bond donors (Lipinski definition) is 3. The molecular formula is C25H19F2N7O4. The molecule has 0 spiro atoms. The zero-order valence-corrected chi connectivity index (χ0v) is 19.5. The van der Waals surface area contributed by atoms with Crippen molar-refractivity contribution >= 4 is 22.8 Å². The van der Waals surface area contributed by atoms with Gasteiger partial charge in [0.1, 0.15) is 17.3 Å². The molecule has 0 saturated carbocycles. The first-order valence-electron chi connectivity index (χ1n) is 11.3. The molecule has 13 heteroatoms. The molecule has 0 aliphatic carbocycles. The molecule has 0 radical (unpaired) electrons. The number of primary amides is 1. The fraction of sp³-hybridized carbons (Fsp3) is 0.120. The lowest BCUT2D eigenvalue weighted by atomic mass is 10.1. The fourth-order valence-electron chi connectivity index (χ4n) is 3.92. The molecule has 5 aromatic rings. The number of fused-ring (bicyclic) bond motifs is 1. The Labute approximate surface area is 212 Å². The lowest BCUT2D eigenvalue weighted by molar-refractivity contribution is -0.118. The lowest BCUT2D eigenvalue weighted by Gasteiger charge is -2.14. The molecule has 1 atom stereocenters. The highest BCUT2D eigenvalue weighted by atomic mass is 19.2. The van der Waals surface area contributed by atoms with Gasteiger partial charge in [0.25, 0.3) is 11.5 Å². The Morgan fingerprint density at radius 3 is 2.76 bits per heavy atom. The number of pyridine rings is 2. The maximum absolute atomic E-state index is 13.6. The third kappa shape index (κ3) is 4.89. The van der Waals surface area contributed by atoms with Gasteiger partial charge in [-0.2, -0.15) is 0 Å². The highest BCUT2D eigenvalue weighted by molar-refractivity contribution is 5.94. The third-order valence-corrected chi connectivity index (χ3v) is 5.73. The van der Waals surface area contributed by atoms with Crippen molar-refractivity contribution in [2.75, 3.05) is 0 Å². The van der Waals surface area contributed by atoms with Gasteiger partial charge in [0.15, 0.2) is 11.6 Å². The van der Waals surface area contributed by atoms with Crippen LogP contribution in [0.4, 0.5) is 8.78 Å². The van der Waals surface area contributed by atoms with Crippen molar-refractivity contribution in [1.29, 1.82) is 0 Å². The van der Waals surface area contributed by atoms with Gasteiger partial charge in [0, 0.05) is 24.0 Å². The monoisotopic (exact) mass is 519 g/mol. The van der Waals surface area contributed by atoms with E-state index in [1.807, 2.05) is 6.07 Å². The average Bonchev–Trinajstić information content (AvgIpc) is 3.54. The van der Waals surface area contributed by atoms with Gasteiger partial charge in [0.2, 0.25) is 17.7 Å². The molecule has 0 bridgehead atoms. The van der Waals surface area contributed by atoms with Crippen LogP contribution in [0.1, 0.15) is 34.3 Å². The van der Waals surface area contributed by atoms with Gasteiger partial charge in [0.05, 0.1) is 18.5 Å². The van der Waals surface area contributed by atoms with Gasteiger partial charge < -0.3 is 25.0 Å². The van der Waals surface area contributed by atoms with Crippen LogP contribution < -0.4 is 16.6 Å². The first-order chi connectivity index (χ1) is 18.3. The fourth-order valence-corrected chi connectivity index (χ4v) is 3.92. The van der Waals surface area contributed by atoms with Gasteiger partial charge >= 0.3 is 0 Å². The molecule has 4 aromatic heterocycles. The van der Waals surface area contributed by atoms with Gasteiger partial charge in [-0.1, -0.05) is 6.07 Å². The van der Waals surface area contributed by atoms with E-state index < -0.39 is 35.0 Å². The summed E-state index contributed by atoms with van der Waals surface area (Å²) >= 11 is 0. The zero-order valence-electron chi connectivity index (χ0n) is 19.5. The quantitative estimate of drug-likeness (QED) is 0.284. The SMILES string of the molecule is NC(=O)C[C@@H](NC(=O)c1cccn(Cc2ccc(F)c(F)c2)c1=O)c1nnc(-c2c[nH]c3ncccc23)o1. The number of carbonyl (C=O) groups excluding carboxylic acids is 2. The predicted octanol–water partition coefficient (Wildman–Crippen LogP) is 2.45. The first kappa shape index (κ1) is 24.5. The summed E-state index contributed by atoms with van der Waals surface area (Å²) in [7, 11) is 0. The zero-order chi connectivity index (χ0) is 26.8. The molecule has 11 nitrogen and oxygen atoms in total. The van der Waals surface area contributed by atoms with Gasteiger partial charge in [-0.25, -0.2) is 13.8 Å². The maximum atomic E-state index is 13.6. The van der Waals surface area contributed by atoms with Gasteiger partial charge in [-0.05, 0) is 42.0 Å². The van der Waals surface area contributed by atoms with Gasteiger partial charge in [-0.3, -0.25) is 14.4 Å². The number of hydrogen-bond acceptors (Lipinski definition) is 7. The third-order valence-electron chi connectivity index (χ3n) is 5.73. The predicted molar refractivity (Wildman–Crippen MR) is 130 cm³/mol.